The van der Waals surface area contributed by atoms with Crippen molar-refractivity contribution in [1.82, 2.24) is 14.5 Å². The van der Waals surface area contributed by atoms with E-state index in [1.54, 1.807) is 0 Å². The maximum absolute atomic E-state index is 4.56. The maximum atomic E-state index is 4.56. The van der Waals surface area contributed by atoms with Crippen LogP contribution in [0.25, 0.3) is 11.0 Å². The maximum Gasteiger partial charge on any atom is 0.243 e. The largest absolute Gasteiger partial charge is 0.342 e. The van der Waals surface area contributed by atoms with Crippen LogP contribution in [-0.2, 0) is 20.0 Å². The molecule has 86 valence electrons. The molecule has 1 N–H and O–H groups in total. The van der Waals surface area contributed by atoms with Crippen LogP contribution in [0.2, 0.25) is 0 Å². The van der Waals surface area contributed by atoms with Crippen LogP contribution >= 0.6 is 0 Å². The topological polar surface area (TPSA) is 37.5 Å². The molecule has 0 aliphatic rings. The molecule has 0 aliphatic heterocycles. The van der Waals surface area contributed by atoms with Crippen LogP contribution < -0.4 is 4.57 Å². The first-order valence-corrected chi connectivity index (χ1v) is 5.76. The molecule has 0 aliphatic carbocycles. The van der Waals surface area contributed by atoms with Crippen molar-refractivity contribution in [3.63, 3.8) is 0 Å². The molecule has 0 amide bonds. The highest BCUT2D eigenvalue weighted by Gasteiger charge is 2.04. The summed E-state index contributed by atoms with van der Waals surface area (Å²) in [5.74, 6) is 1.04. The Morgan fingerprint density at radius 2 is 2.24 bits per heavy atom. The fourth-order valence-corrected chi connectivity index (χ4v) is 1.99. The Hall–Kier alpha value is -2.10. The lowest BCUT2D eigenvalue weighted by Crippen LogP contribution is -2.23. The number of nitrogens with one attached hydrogen (secondary N) is 1. The molecular weight excluding hydrogens is 212 g/mol. The number of H-pyrrole nitrogens is 1. The number of fused-ring (bicyclic) bond motifs is 1. The van der Waals surface area contributed by atoms with E-state index < -0.39 is 0 Å². The van der Waals surface area contributed by atoms with Gasteiger partial charge in [0.15, 0.2) is 0 Å². The molecule has 0 saturated heterocycles. The van der Waals surface area contributed by atoms with E-state index in [-0.39, 0.29) is 0 Å². The summed E-state index contributed by atoms with van der Waals surface area (Å²) in [6.45, 7) is 0.945. The number of nitrogens with zero attached hydrogens (tertiary/aromatic N) is 3. The number of hydrogen-bond donors (Lipinski definition) is 1. The summed E-state index contributed by atoms with van der Waals surface area (Å²) in [6, 6.07) is 8.13. The molecular formula is C13H15N4+. The number of imidazole rings is 2. The molecule has 0 unspecified atom stereocenters. The molecule has 0 atom stereocenters. The summed E-state index contributed by atoms with van der Waals surface area (Å²) in [4.78, 5) is 7.90. The molecule has 0 saturated carbocycles. The highest BCUT2D eigenvalue weighted by molar-refractivity contribution is 5.74. The van der Waals surface area contributed by atoms with Crippen LogP contribution in [0.4, 0.5) is 0 Å². The Morgan fingerprint density at radius 1 is 1.35 bits per heavy atom. The molecule has 0 radical (unpaired) electrons. The van der Waals surface area contributed by atoms with Gasteiger partial charge in [-0.15, -0.1) is 0 Å². The van der Waals surface area contributed by atoms with Gasteiger partial charge in [-0.3, -0.25) is 0 Å². The molecule has 2 heterocycles. The zero-order valence-corrected chi connectivity index (χ0v) is 9.80. The molecule has 4 heteroatoms. The number of aryl methyl sites for hydroxylation is 3. The van der Waals surface area contributed by atoms with E-state index in [9.17, 15) is 0 Å². The standard InChI is InChI=1S/C13H15N4/c1-16-8-9-17(10-16)7-6-13-14-11-4-2-3-5-12(11)15-13/h2-5,8-10H,6-7H2,1H3,(H,14,15)/q+1. The number of aromatic amines is 1. The number of para-hydroxylation sites is 2. The first-order chi connectivity index (χ1) is 8.31. The predicted octanol–water partition coefficient (Wildman–Crippen LogP) is 1.43. The average Bonchev–Trinajstić information content (AvgIpc) is 2.91. The Bertz CT molecular complexity index is 602. The average molecular weight is 227 g/mol. The van der Waals surface area contributed by atoms with Gasteiger partial charge in [-0.1, -0.05) is 12.1 Å². The number of aromatic nitrogens is 4. The summed E-state index contributed by atoms with van der Waals surface area (Å²) in [7, 11) is 2.03. The van der Waals surface area contributed by atoms with Gasteiger partial charge in [-0.2, -0.15) is 0 Å². The van der Waals surface area contributed by atoms with Crippen molar-refractivity contribution in [2.45, 2.75) is 13.0 Å². The minimum Gasteiger partial charge on any atom is -0.342 e. The third kappa shape index (κ3) is 2.06. The Kier molecular flexibility index (Phi) is 2.40. The fraction of sp³-hybridized carbons (Fsp3) is 0.231. The van der Waals surface area contributed by atoms with Crippen molar-refractivity contribution in [1.29, 1.82) is 0 Å². The number of hydrogen-bond acceptors (Lipinski definition) is 1. The molecule has 0 bridgehead atoms. The van der Waals surface area contributed by atoms with E-state index in [1.165, 1.54) is 0 Å². The van der Waals surface area contributed by atoms with Gasteiger partial charge >= 0.3 is 0 Å². The Labute approximate surface area is 99.5 Å². The van der Waals surface area contributed by atoms with E-state index in [0.717, 1.165) is 29.8 Å². The van der Waals surface area contributed by atoms with Gasteiger partial charge < -0.3 is 4.98 Å². The lowest BCUT2D eigenvalue weighted by Gasteiger charge is -1.93. The zero-order chi connectivity index (χ0) is 11.7. The van der Waals surface area contributed by atoms with Gasteiger partial charge in [0, 0.05) is 6.42 Å². The smallest absolute Gasteiger partial charge is 0.243 e. The Balaban J connectivity index is 1.76. The molecule has 1 aromatic carbocycles. The number of rotatable bonds is 3. The van der Waals surface area contributed by atoms with E-state index in [2.05, 4.69) is 33.1 Å². The normalized spacial score (nSPS) is 11.1. The summed E-state index contributed by atoms with van der Waals surface area (Å²) in [5, 5.41) is 0. The minimum absolute atomic E-state index is 0.920. The van der Waals surface area contributed by atoms with Crippen molar-refractivity contribution >= 4 is 11.0 Å². The summed E-state index contributed by atoms with van der Waals surface area (Å²) < 4.78 is 4.20. The fourth-order valence-electron chi connectivity index (χ4n) is 1.99. The van der Waals surface area contributed by atoms with Crippen LogP contribution in [0.5, 0.6) is 0 Å². The number of benzene rings is 1. The SMILES string of the molecule is C[n+]1ccn(CCc2nc3ccccc3[nH]2)c1. The summed E-state index contributed by atoms with van der Waals surface area (Å²) in [6.07, 6.45) is 7.10. The van der Waals surface area contributed by atoms with Crippen LogP contribution in [0.1, 0.15) is 5.82 Å². The van der Waals surface area contributed by atoms with Gasteiger partial charge in [0.05, 0.1) is 24.6 Å². The van der Waals surface area contributed by atoms with Gasteiger partial charge in [0.25, 0.3) is 0 Å². The van der Waals surface area contributed by atoms with Crippen molar-refractivity contribution in [3.05, 3.63) is 48.8 Å². The van der Waals surface area contributed by atoms with Crippen LogP contribution in [0.15, 0.2) is 43.0 Å². The lowest BCUT2D eigenvalue weighted by atomic mass is 10.3. The van der Waals surface area contributed by atoms with Gasteiger partial charge in [0.2, 0.25) is 6.33 Å². The quantitative estimate of drug-likeness (QED) is 0.675. The van der Waals surface area contributed by atoms with Crippen LogP contribution in [0.3, 0.4) is 0 Å². The monoisotopic (exact) mass is 227 g/mol. The van der Waals surface area contributed by atoms with Crippen molar-refractivity contribution in [3.8, 4) is 0 Å². The van der Waals surface area contributed by atoms with Crippen LogP contribution in [0, 0.1) is 0 Å². The minimum atomic E-state index is 0.920. The molecule has 4 nitrogen and oxygen atoms in total. The first kappa shape index (κ1) is 10.1. The van der Waals surface area contributed by atoms with Crippen molar-refractivity contribution in [2.75, 3.05) is 0 Å². The molecule has 2 aromatic heterocycles. The van der Waals surface area contributed by atoms with Crippen LogP contribution in [-0.4, -0.2) is 14.5 Å². The third-order valence-corrected chi connectivity index (χ3v) is 2.87. The van der Waals surface area contributed by atoms with Gasteiger partial charge in [0.1, 0.15) is 18.2 Å². The third-order valence-electron chi connectivity index (χ3n) is 2.87. The summed E-state index contributed by atoms with van der Waals surface area (Å²) in [5.41, 5.74) is 2.15. The molecule has 3 rings (SSSR count). The highest BCUT2D eigenvalue weighted by Crippen LogP contribution is 2.10. The molecule has 17 heavy (non-hydrogen) atoms. The van der Waals surface area contributed by atoms with E-state index in [4.69, 9.17) is 0 Å². The first-order valence-electron chi connectivity index (χ1n) is 5.76. The van der Waals surface area contributed by atoms with Crippen molar-refractivity contribution < 1.29 is 4.57 Å². The van der Waals surface area contributed by atoms with Gasteiger partial charge in [-0.05, 0) is 12.1 Å². The van der Waals surface area contributed by atoms with Crippen molar-refractivity contribution in [2.24, 2.45) is 7.05 Å². The predicted molar refractivity (Wildman–Crippen MR) is 65.4 cm³/mol. The van der Waals surface area contributed by atoms with E-state index in [1.807, 2.05) is 36.0 Å². The zero-order valence-electron chi connectivity index (χ0n) is 9.80. The molecule has 0 spiro atoms. The van der Waals surface area contributed by atoms with E-state index >= 15 is 0 Å². The summed E-state index contributed by atoms with van der Waals surface area (Å²) >= 11 is 0. The second-order valence-corrected chi connectivity index (χ2v) is 4.27. The Morgan fingerprint density at radius 3 is 3.00 bits per heavy atom. The molecule has 0 fully saturated rings. The highest BCUT2D eigenvalue weighted by atomic mass is 15.1. The van der Waals surface area contributed by atoms with E-state index in [0.29, 0.717) is 0 Å². The molecule has 3 aromatic rings. The second-order valence-electron chi connectivity index (χ2n) is 4.27. The lowest BCUT2D eigenvalue weighted by molar-refractivity contribution is -0.671. The second kappa shape index (κ2) is 4.05. The van der Waals surface area contributed by atoms with Gasteiger partial charge in [-0.25, -0.2) is 14.1 Å².